The van der Waals surface area contributed by atoms with Gasteiger partial charge >= 0.3 is 5.69 Å². The average Bonchev–Trinajstić information content (AvgIpc) is 2.39. The average molecular weight is 277 g/mol. The fraction of sp³-hybridized carbons (Fsp3) is 0.308. The first-order valence-corrected chi connectivity index (χ1v) is 6.06. The van der Waals surface area contributed by atoms with E-state index >= 15 is 0 Å². The maximum absolute atomic E-state index is 12.3. The summed E-state index contributed by atoms with van der Waals surface area (Å²) < 4.78 is 5.95. The van der Waals surface area contributed by atoms with Crippen molar-refractivity contribution in [2.75, 3.05) is 19.0 Å². The van der Waals surface area contributed by atoms with Crippen LogP contribution in [0.2, 0.25) is 0 Å². The number of benzene rings is 1. The van der Waals surface area contributed by atoms with Crippen molar-refractivity contribution in [2.45, 2.75) is 13.5 Å². The Balaban J connectivity index is 2.58. The van der Waals surface area contributed by atoms with Crippen LogP contribution in [0, 0.1) is 0 Å². The van der Waals surface area contributed by atoms with Gasteiger partial charge in [0.25, 0.3) is 5.56 Å². The monoisotopic (exact) mass is 277 g/mol. The third-order valence-electron chi connectivity index (χ3n) is 2.82. The predicted molar refractivity (Wildman–Crippen MR) is 75.0 cm³/mol. The Kier molecular flexibility index (Phi) is 3.99. The molecule has 7 nitrogen and oxygen atoms in total. The summed E-state index contributed by atoms with van der Waals surface area (Å²) in [5.41, 5.74) is 0.0510. The summed E-state index contributed by atoms with van der Waals surface area (Å²) in [5.74, 6) is -0.228. The molecule has 1 aromatic carbocycles. The van der Waals surface area contributed by atoms with Gasteiger partial charge in [-0.1, -0.05) is 0 Å². The first-order valence-electron chi connectivity index (χ1n) is 6.06. The number of hydrogen-bond donors (Lipinski definition) is 2. The number of anilines is 1. The lowest BCUT2D eigenvalue weighted by atomic mass is 10.2. The number of carbonyl (C=O) groups is 1. The largest absolute Gasteiger partial charge is 0.383 e. The van der Waals surface area contributed by atoms with Crippen LogP contribution in [-0.2, 0) is 16.1 Å². The fourth-order valence-electron chi connectivity index (χ4n) is 1.92. The van der Waals surface area contributed by atoms with Crippen molar-refractivity contribution < 1.29 is 9.53 Å². The molecule has 0 saturated carbocycles. The summed E-state index contributed by atoms with van der Waals surface area (Å²) in [7, 11) is 1.50. The first-order chi connectivity index (χ1) is 9.52. The highest BCUT2D eigenvalue weighted by molar-refractivity contribution is 5.91. The third kappa shape index (κ3) is 2.77. The molecule has 1 aromatic heterocycles. The van der Waals surface area contributed by atoms with Crippen molar-refractivity contribution in [1.29, 1.82) is 0 Å². The van der Waals surface area contributed by atoms with Crippen LogP contribution in [0.3, 0.4) is 0 Å². The van der Waals surface area contributed by atoms with E-state index < -0.39 is 11.2 Å². The number of fused-ring (bicyclic) bond motifs is 1. The standard InChI is InChI=1S/C13H15N3O4/c1-8(17)14-9-3-4-11-10(7-9)12(18)16(5-6-20-2)13(19)15-11/h3-4,7H,5-6H2,1-2H3,(H,14,17)(H,15,19). The second-order valence-corrected chi connectivity index (χ2v) is 4.32. The quantitative estimate of drug-likeness (QED) is 0.840. The Hall–Kier alpha value is -2.41. The minimum absolute atomic E-state index is 0.172. The topological polar surface area (TPSA) is 93.2 Å². The van der Waals surface area contributed by atoms with Crippen LogP contribution >= 0.6 is 0 Å². The summed E-state index contributed by atoms with van der Waals surface area (Å²) >= 11 is 0. The zero-order valence-electron chi connectivity index (χ0n) is 11.2. The van der Waals surface area contributed by atoms with Crippen LogP contribution < -0.4 is 16.6 Å². The molecule has 0 bridgehead atoms. The summed E-state index contributed by atoms with van der Waals surface area (Å²) in [6.07, 6.45) is 0. The van der Waals surface area contributed by atoms with Crippen molar-refractivity contribution in [3.05, 3.63) is 39.0 Å². The fourth-order valence-corrected chi connectivity index (χ4v) is 1.92. The maximum Gasteiger partial charge on any atom is 0.328 e. The number of amides is 1. The number of aromatic nitrogens is 2. The molecule has 2 aromatic rings. The maximum atomic E-state index is 12.3. The molecule has 0 aliphatic rings. The van der Waals surface area contributed by atoms with Crippen LogP contribution in [0.1, 0.15) is 6.92 Å². The van der Waals surface area contributed by atoms with E-state index in [1.165, 1.54) is 20.1 Å². The van der Waals surface area contributed by atoms with Crippen LogP contribution in [0.15, 0.2) is 27.8 Å². The van der Waals surface area contributed by atoms with Crippen LogP contribution in [0.25, 0.3) is 10.9 Å². The van der Waals surface area contributed by atoms with Gasteiger partial charge in [-0.05, 0) is 18.2 Å². The zero-order valence-corrected chi connectivity index (χ0v) is 11.2. The van der Waals surface area contributed by atoms with Gasteiger partial charge in [0.15, 0.2) is 0 Å². The highest BCUT2D eigenvalue weighted by Crippen LogP contribution is 2.13. The summed E-state index contributed by atoms with van der Waals surface area (Å²) in [6.45, 7) is 1.82. The number of H-pyrrole nitrogens is 1. The molecule has 0 radical (unpaired) electrons. The number of aromatic amines is 1. The molecule has 0 aliphatic heterocycles. The number of rotatable bonds is 4. The van der Waals surface area contributed by atoms with Crippen molar-refractivity contribution >= 4 is 22.5 Å². The van der Waals surface area contributed by atoms with Crippen LogP contribution in [0.4, 0.5) is 5.69 Å². The highest BCUT2D eigenvalue weighted by Gasteiger charge is 2.08. The van der Waals surface area contributed by atoms with Gasteiger partial charge in [0.1, 0.15) is 0 Å². The first kappa shape index (κ1) is 14.0. The number of nitrogens with one attached hydrogen (secondary N) is 2. The van der Waals surface area contributed by atoms with Gasteiger partial charge < -0.3 is 15.0 Å². The van der Waals surface area contributed by atoms with E-state index in [9.17, 15) is 14.4 Å². The van der Waals surface area contributed by atoms with E-state index in [4.69, 9.17) is 4.74 Å². The van der Waals surface area contributed by atoms with Gasteiger partial charge in [-0.2, -0.15) is 0 Å². The van der Waals surface area contributed by atoms with E-state index in [0.717, 1.165) is 4.57 Å². The number of carbonyl (C=O) groups excluding carboxylic acids is 1. The minimum atomic E-state index is -0.480. The molecular weight excluding hydrogens is 262 g/mol. The van der Waals surface area contributed by atoms with Gasteiger partial charge in [-0.3, -0.25) is 14.2 Å². The predicted octanol–water partition coefficient (Wildman–Crippen LogP) is 0.295. The number of ether oxygens (including phenoxy) is 1. The lowest BCUT2D eigenvalue weighted by molar-refractivity contribution is -0.114. The van der Waals surface area contributed by atoms with Gasteiger partial charge in [0.05, 0.1) is 24.1 Å². The zero-order chi connectivity index (χ0) is 14.7. The second-order valence-electron chi connectivity index (χ2n) is 4.32. The van der Waals surface area contributed by atoms with E-state index in [-0.39, 0.29) is 19.1 Å². The van der Waals surface area contributed by atoms with Gasteiger partial charge in [0.2, 0.25) is 5.91 Å². The van der Waals surface area contributed by atoms with Crippen molar-refractivity contribution in [1.82, 2.24) is 9.55 Å². The summed E-state index contributed by atoms with van der Waals surface area (Å²) in [4.78, 5) is 37.7. The third-order valence-corrected chi connectivity index (χ3v) is 2.82. The molecule has 20 heavy (non-hydrogen) atoms. The normalized spacial score (nSPS) is 10.7. The lowest BCUT2D eigenvalue weighted by Crippen LogP contribution is -2.36. The van der Waals surface area contributed by atoms with E-state index in [1.807, 2.05) is 0 Å². The summed E-state index contributed by atoms with van der Waals surface area (Å²) in [5, 5.41) is 2.94. The smallest absolute Gasteiger partial charge is 0.328 e. The molecule has 1 heterocycles. The molecule has 0 unspecified atom stereocenters. The van der Waals surface area contributed by atoms with Crippen LogP contribution in [-0.4, -0.2) is 29.2 Å². The molecule has 0 saturated heterocycles. The van der Waals surface area contributed by atoms with Crippen molar-refractivity contribution in [3.63, 3.8) is 0 Å². The minimum Gasteiger partial charge on any atom is -0.383 e. The van der Waals surface area contributed by atoms with Gasteiger partial charge in [0, 0.05) is 19.7 Å². The van der Waals surface area contributed by atoms with Gasteiger partial charge in [-0.15, -0.1) is 0 Å². The number of methoxy groups -OCH3 is 1. The van der Waals surface area contributed by atoms with E-state index in [1.54, 1.807) is 12.1 Å². The Morgan fingerprint density at radius 3 is 2.80 bits per heavy atom. The van der Waals surface area contributed by atoms with E-state index in [0.29, 0.717) is 16.6 Å². The van der Waals surface area contributed by atoms with Crippen LogP contribution in [0.5, 0.6) is 0 Å². The highest BCUT2D eigenvalue weighted by atomic mass is 16.5. The Bertz CT molecular complexity index is 760. The lowest BCUT2D eigenvalue weighted by Gasteiger charge is -2.07. The summed E-state index contributed by atoms with van der Waals surface area (Å²) in [6, 6.07) is 4.75. The van der Waals surface area contributed by atoms with Crippen molar-refractivity contribution in [2.24, 2.45) is 0 Å². The van der Waals surface area contributed by atoms with Crippen molar-refractivity contribution in [3.8, 4) is 0 Å². The molecule has 0 spiro atoms. The molecule has 106 valence electrons. The Labute approximate surface area is 114 Å². The second kappa shape index (κ2) is 5.70. The van der Waals surface area contributed by atoms with Gasteiger partial charge in [-0.25, -0.2) is 4.79 Å². The Morgan fingerprint density at radius 1 is 1.40 bits per heavy atom. The molecule has 2 rings (SSSR count). The molecule has 7 heteroatoms. The molecule has 0 fully saturated rings. The number of hydrogen-bond acceptors (Lipinski definition) is 4. The molecule has 2 N–H and O–H groups in total. The SMILES string of the molecule is COCCn1c(=O)[nH]c2ccc(NC(C)=O)cc2c1=O. The molecule has 0 aliphatic carbocycles. The number of nitrogens with zero attached hydrogens (tertiary/aromatic N) is 1. The molecular formula is C13H15N3O4. The molecule has 1 amide bonds. The Morgan fingerprint density at radius 2 is 2.15 bits per heavy atom. The van der Waals surface area contributed by atoms with E-state index in [2.05, 4.69) is 10.3 Å². The molecule has 0 atom stereocenters.